The van der Waals surface area contributed by atoms with E-state index in [0.717, 1.165) is 39.5 Å². The van der Waals surface area contributed by atoms with Gasteiger partial charge in [-0.15, -0.1) is 0 Å². The summed E-state index contributed by atoms with van der Waals surface area (Å²) < 4.78 is 0. The molecule has 0 radical (unpaired) electrons. The van der Waals surface area contributed by atoms with Gasteiger partial charge in [-0.2, -0.15) is 5.26 Å². The Hall–Kier alpha value is -2.25. The Labute approximate surface area is 144 Å². The molecule has 2 heterocycles. The molecular formula is C19H18ClN4+. The van der Waals surface area contributed by atoms with Crippen molar-refractivity contribution in [2.45, 2.75) is 31.7 Å². The fourth-order valence-electron chi connectivity index (χ4n) is 3.82. The van der Waals surface area contributed by atoms with E-state index >= 15 is 0 Å². The predicted octanol–water partition coefficient (Wildman–Crippen LogP) is 4.26. The molecule has 3 aromatic rings. The molecule has 0 bridgehead atoms. The highest BCUT2D eigenvalue weighted by Gasteiger charge is 2.45. The molecule has 120 valence electrons. The third kappa shape index (κ3) is 2.23. The maximum Gasteiger partial charge on any atom is 0.282 e. The molecule has 5 heteroatoms. The number of H-pyrrole nitrogens is 2. The lowest BCUT2D eigenvalue weighted by atomic mass is 10.1. The Bertz CT molecular complexity index is 980. The number of aromatic nitrogens is 2. The van der Waals surface area contributed by atoms with Crippen molar-refractivity contribution < 1.29 is 4.98 Å². The SMILES string of the molecule is N#Cc1c[nH+]c(NC(C2CC2)C2CC2)c2c1[nH]c1cc(Cl)ccc12. The van der Waals surface area contributed by atoms with Crippen LogP contribution in [0.3, 0.4) is 0 Å². The summed E-state index contributed by atoms with van der Waals surface area (Å²) in [5.74, 6) is 2.62. The summed E-state index contributed by atoms with van der Waals surface area (Å²) in [6.07, 6.45) is 7.11. The van der Waals surface area contributed by atoms with Gasteiger partial charge in [0.25, 0.3) is 5.82 Å². The molecular weight excluding hydrogens is 320 g/mol. The van der Waals surface area contributed by atoms with Crippen LogP contribution in [0.2, 0.25) is 5.02 Å². The number of pyridine rings is 1. The molecule has 2 aliphatic carbocycles. The highest BCUT2D eigenvalue weighted by atomic mass is 35.5. The van der Waals surface area contributed by atoms with Gasteiger partial charge in [0.15, 0.2) is 0 Å². The van der Waals surface area contributed by atoms with Gasteiger partial charge >= 0.3 is 0 Å². The Kier molecular flexibility index (Phi) is 3.01. The van der Waals surface area contributed by atoms with Crippen LogP contribution < -0.4 is 10.3 Å². The monoisotopic (exact) mass is 337 g/mol. The predicted molar refractivity (Wildman–Crippen MR) is 94.9 cm³/mol. The first kappa shape index (κ1) is 14.1. The van der Waals surface area contributed by atoms with Crippen molar-refractivity contribution in [2.24, 2.45) is 11.8 Å². The molecule has 0 saturated heterocycles. The number of nitrogens with zero attached hydrogens (tertiary/aromatic N) is 1. The van der Waals surface area contributed by atoms with Crippen LogP contribution in [0.15, 0.2) is 24.4 Å². The van der Waals surface area contributed by atoms with E-state index in [9.17, 15) is 5.26 Å². The van der Waals surface area contributed by atoms with Crippen molar-refractivity contribution in [3.63, 3.8) is 0 Å². The topological polar surface area (TPSA) is 65.8 Å². The molecule has 2 saturated carbocycles. The lowest BCUT2D eigenvalue weighted by Gasteiger charge is -2.13. The van der Waals surface area contributed by atoms with E-state index in [1.165, 1.54) is 25.7 Å². The summed E-state index contributed by atoms with van der Waals surface area (Å²) in [6.45, 7) is 0. The largest absolute Gasteiger partial charge is 0.353 e. The second-order valence-electron chi connectivity index (χ2n) is 7.10. The van der Waals surface area contributed by atoms with E-state index < -0.39 is 0 Å². The first-order valence-corrected chi connectivity index (χ1v) is 8.94. The molecule has 0 atom stereocenters. The molecule has 4 nitrogen and oxygen atoms in total. The summed E-state index contributed by atoms with van der Waals surface area (Å²) in [7, 11) is 0. The van der Waals surface area contributed by atoms with Gasteiger partial charge in [-0.25, -0.2) is 4.98 Å². The van der Waals surface area contributed by atoms with Crippen LogP contribution in [0.25, 0.3) is 21.8 Å². The van der Waals surface area contributed by atoms with E-state index in [2.05, 4.69) is 21.4 Å². The van der Waals surface area contributed by atoms with Crippen molar-refractivity contribution in [1.29, 1.82) is 5.26 Å². The zero-order chi connectivity index (χ0) is 16.3. The number of benzene rings is 1. The number of anilines is 1. The van der Waals surface area contributed by atoms with Gasteiger partial charge in [-0.1, -0.05) is 17.7 Å². The van der Waals surface area contributed by atoms with Crippen LogP contribution in [0.4, 0.5) is 5.82 Å². The van der Waals surface area contributed by atoms with Crippen molar-refractivity contribution in [2.75, 3.05) is 5.32 Å². The maximum absolute atomic E-state index is 9.45. The average Bonchev–Trinajstić information content (AvgIpc) is 3.49. The lowest BCUT2D eigenvalue weighted by molar-refractivity contribution is -0.359. The zero-order valence-electron chi connectivity index (χ0n) is 13.2. The Morgan fingerprint density at radius 3 is 2.67 bits per heavy atom. The van der Waals surface area contributed by atoms with E-state index in [-0.39, 0.29) is 0 Å². The third-order valence-electron chi connectivity index (χ3n) is 5.33. The van der Waals surface area contributed by atoms with Crippen molar-refractivity contribution in [3.05, 3.63) is 35.0 Å². The van der Waals surface area contributed by atoms with Crippen LogP contribution in [0, 0.1) is 23.2 Å². The summed E-state index contributed by atoms with van der Waals surface area (Å²) >= 11 is 6.14. The van der Waals surface area contributed by atoms with Gasteiger partial charge in [0.2, 0.25) is 0 Å². The normalized spacial score (nSPS) is 17.5. The summed E-state index contributed by atoms with van der Waals surface area (Å²) in [5.41, 5.74) is 2.46. The zero-order valence-corrected chi connectivity index (χ0v) is 14.0. The number of nitriles is 1. The van der Waals surface area contributed by atoms with E-state index in [4.69, 9.17) is 11.6 Å². The number of rotatable bonds is 4. The highest BCUT2D eigenvalue weighted by Crippen LogP contribution is 2.46. The standard InChI is InChI=1S/C19H17ClN4/c20-13-5-6-14-15(7-13)23-18-12(8-21)9-22-19(16(14)18)24-17(10-1-2-10)11-3-4-11/h5-7,9-11,17,23H,1-4H2,(H,22,24)/p+1. The molecule has 2 fully saturated rings. The minimum absolute atomic E-state index is 0.551. The summed E-state index contributed by atoms with van der Waals surface area (Å²) in [4.78, 5) is 6.71. The van der Waals surface area contributed by atoms with E-state index in [1.807, 2.05) is 18.2 Å². The lowest BCUT2D eigenvalue weighted by Crippen LogP contribution is -2.28. The fourth-order valence-corrected chi connectivity index (χ4v) is 3.99. The van der Waals surface area contributed by atoms with Gasteiger partial charge in [0, 0.05) is 15.9 Å². The summed E-state index contributed by atoms with van der Waals surface area (Å²) in [5, 5.41) is 16.1. The van der Waals surface area contributed by atoms with E-state index in [1.54, 1.807) is 6.20 Å². The van der Waals surface area contributed by atoms with Crippen LogP contribution in [0.5, 0.6) is 0 Å². The second-order valence-corrected chi connectivity index (χ2v) is 7.54. The van der Waals surface area contributed by atoms with Gasteiger partial charge < -0.3 is 4.98 Å². The first-order chi connectivity index (χ1) is 11.7. The first-order valence-electron chi connectivity index (χ1n) is 8.57. The number of hydrogen-bond donors (Lipinski definition) is 2. The van der Waals surface area contributed by atoms with Crippen LogP contribution >= 0.6 is 11.6 Å². The molecule has 0 amide bonds. The van der Waals surface area contributed by atoms with Crippen molar-refractivity contribution in [3.8, 4) is 6.07 Å². The average molecular weight is 338 g/mol. The minimum atomic E-state index is 0.551. The van der Waals surface area contributed by atoms with Crippen molar-refractivity contribution >= 4 is 39.2 Å². The van der Waals surface area contributed by atoms with Crippen molar-refractivity contribution in [1.82, 2.24) is 4.98 Å². The highest BCUT2D eigenvalue weighted by molar-refractivity contribution is 6.31. The molecule has 0 aliphatic heterocycles. The Morgan fingerprint density at radius 2 is 2.00 bits per heavy atom. The molecule has 2 aliphatic rings. The molecule has 5 rings (SSSR count). The number of nitrogens with one attached hydrogen (secondary N) is 3. The van der Waals surface area contributed by atoms with Crippen LogP contribution in [0.1, 0.15) is 31.2 Å². The number of hydrogen-bond acceptors (Lipinski definition) is 2. The minimum Gasteiger partial charge on any atom is -0.353 e. The van der Waals surface area contributed by atoms with Gasteiger partial charge in [-0.05, 0) is 49.7 Å². The maximum atomic E-state index is 9.45. The Morgan fingerprint density at radius 1 is 1.25 bits per heavy atom. The third-order valence-corrected chi connectivity index (χ3v) is 5.57. The van der Waals surface area contributed by atoms with E-state index in [0.29, 0.717) is 16.6 Å². The number of fused-ring (bicyclic) bond motifs is 3. The van der Waals surface area contributed by atoms with Crippen LogP contribution in [-0.4, -0.2) is 11.0 Å². The number of aromatic amines is 2. The van der Waals surface area contributed by atoms with Crippen LogP contribution in [-0.2, 0) is 0 Å². The molecule has 24 heavy (non-hydrogen) atoms. The molecule has 1 aromatic carbocycles. The number of halogens is 1. The van der Waals surface area contributed by atoms with Gasteiger partial charge in [-0.3, -0.25) is 5.32 Å². The fraction of sp³-hybridized carbons (Fsp3) is 0.368. The molecule has 3 N–H and O–H groups in total. The molecule has 0 unspecified atom stereocenters. The molecule has 2 aromatic heterocycles. The summed E-state index contributed by atoms with van der Waals surface area (Å²) in [6, 6.07) is 8.67. The molecule has 0 spiro atoms. The van der Waals surface area contributed by atoms with Gasteiger partial charge in [0.1, 0.15) is 17.8 Å². The second kappa shape index (κ2) is 5.12. The Balaban J connectivity index is 1.70. The van der Waals surface area contributed by atoms with Gasteiger partial charge in [0.05, 0.1) is 16.9 Å². The smallest absolute Gasteiger partial charge is 0.282 e. The quantitative estimate of drug-likeness (QED) is 0.747.